The summed E-state index contributed by atoms with van der Waals surface area (Å²) in [5.41, 5.74) is 1.94. The number of aliphatic hydroxyl groups is 1. The lowest BCUT2D eigenvalue weighted by Gasteiger charge is -2.29. The van der Waals surface area contributed by atoms with Gasteiger partial charge in [0.25, 0.3) is 5.91 Å². The minimum Gasteiger partial charge on any atom is -0.497 e. The van der Waals surface area contributed by atoms with Crippen LogP contribution in [-0.4, -0.2) is 71.0 Å². The van der Waals surface area contributed by atoms with Gasteiger partial charge in [0.2, 0.25) is 11.9 Å². The van der Waals surface area contributed by atoms with Crippen molar-refractivity contribution in [2.45, 2.75) is 45.0 Å². The number of aryl methyl sites for hydroxylation is 1. The molecule has 5 rings (SSSR count). The second kappa shape index (κ2) is 12.3. The highest BCUT2D eigenvalue weighted by Crippen LogP contribution is 2.32. The van der Waals surface area contributed by atoms with Crippen LogP contribution in [0.15, 0.2) is 42.9 Å². The van der Waals surface area contributed by atoms with Crippen molar-refractivity contribution in [3.05, 3.63) is 70.5 Å². The Morgan fingerprint density at radius 2 is 2.00 bits per heavy atom. The zero-order chi connectivity index (χ0) is 30.8. The summed E-state index contributed by atoms with van der Waals surface area (Å²) >= 11 is 6.40. The van der Waals surface area contributed by atoms with Crippen molar-refractivity contribution in [3.8, 4) is 17.0 Å². The second-order valence-electron chi connectivity index (χ2n) is 9.95. The monoisotopic (exact) mass is 609 g/mol. The van der Waals surface area contributed by atoms with Crippen LogP contribution < -0.4 is 15.4 Å². The van der Waals surface area contributed by atoms with E-state index in [1.165, 1.54) is 41.3 Å². The van der Waals surface area contributed by atoms with Crippen molar-refractivity contribution in [3.63, 3.8) is 0 Å². The van der Waals surface area contributed by atoms with Crippen LogP contribution in [0.5, 0.6) is 5.75 Å². The highest BCUT2D eigenvalue weighted by Gasteiger charge is 2.36. The van der Waals surface area contributed by atoms with Crippen LogP contribution >= 0.6 is 11.6 Å². The maximum absolute atomic E-state index is 14.2. The summed E-state index contributed by atoms with van der Waals surface area (Å²) in [5, 5.41) is 24.8. The van der Waals surface area contributed by atoms with Crippen molar-refractivity contribution in [1.82, 2.24) is 40.2 Å². The van der Waals surface area contributed by atoms with Crippen molar-refractivity contribution >= 4 is 35.2 Å². The fourth-order valence-corrected chi connectivity index (χ4v) is 4.92. The molecule has 0 fully saturated rings. The number of methoxy groups -OCH3 is 1. The molecule has 0 spiro atoms. The van der Waals surface area contributed by atoms with E-state index in [2.05, 4.69) is 35.8 Å². The lowest BCUT2D eigenvalue weighted by Crippen LogP contribution is -2.48. The summed E-state index contributed by atoms with van der Waals surface area (Å²) < 4.78 is 19.4. The van der Waals surface area contributed by atoms with Gasteiger partial charge in [-0.15, -0.1) is 5.10 Å². The fraction of sp³-hybridized carbons (Fsp3) is 0.321. The number of rotatable bonds is 10. The van der Waals surface area contributed by atoms with Crippen molar-refractivity contribution in [2.24, 2.45) is 7.05 Å². The smallest absolute Gasteiger partial charge is 0.256 e. The molecule has 0 aliphatic carbocycles. The molecule has 3 N–H and O–H groups in total. The molecule has 1 aliphatic rings. The largest absolute Gasteiger partial charge is 0.497 e. The van der Waals surface area contributed by atoms with E-state index in [1.54, 1.807) is 39.2 Å². The van der Waals surface area contributed by atoms with Gasteiger partial charge in [-0.2, -0.15) is 9.90 Å². The van der Waals surface area contributed by atoms with E-state index >= 15 is 0 Å². The topological polar surface area (TPSA) is 160 Å². The van der Waals surface area contributed by atoms with Crippen molar-refractivity contribution in [2.75, 3.05) is 12.4 Å². The van der Waals surface area contributed by atoms with Gasteiger partial charge >= 0.3 is 0 Å². The van der Waals surface area contributed by atoms with Crippen LogP contribution in [0.4, 0.5) is 16.2 Å². The Hall–Kier alpha value is -4.69. The van der Waals surface area contributed by atoms with Crippen LogP contribution in [0, 0.1) is 5.82 Å². The standard InChI is InChI=1S/C28H29ClFN9O4/c1-5-22(40)25(15-6-17(30)9-18(7-15)43-4)35-26(41)14(2)39-13-21-19(27(39)42)8-16(10-31-21)24-20(29)11-32-28(36-24)34-23-12-33-38(3)37-23/h6-12,14,22,25,40H,5,13H2,1-4H3,(H,35,41)(H,32,34,36,37)/t14?,22-,25-/m0/s1. The van der Waals surface area contributed by atoms with E-state index < -0.39 is 35.8 Å². The van der Waals surface area contributed by atoms with Gasteiger partial charge < -0.3 is 25.4 Å². The number of ether oxygens (including phenoxy) is 1. The number of aliphatic hydroxyl groups excluding tert-OH is 1. The predicted octanol–water partition coefficient (Wildman–Crippen LogP) is 3.18. The van der Waals surface area contributed by atoms with Crippen LogP contribution in [0.1, 0.15) is 47.9 Å². The first-order valence-corrected chi connectivity index (χ1v) is 13.7. The first-order valence-electron chi connectivity index (χ1n) is 13.4. The van der Waals surface area contributed by atoms with Gasteiger partial charge in [-0.05, 0) is 37.1 Å². The van der Waals surface area contributed by atoms with E-state index in [0.29, 0.717) is 40.3 Å². The third-order valence-electron chi connectivity index (χ3n) is 7.07. The molecule has 4 aromatic rings. The number of nitrogens with zero attached hydrogens (tertiary/aromatic N) is 7. The second-order valence-corrected chi connectivity index (χ2v) is 10.4. The number of hydrogen-bond donors (Lipinski definition) is 3. The Morgan fingerprint density at radius 3 is 2.70 bits per heavy atom. The van der Waals surface area contributed by atoms with Crippen molar-refractivity contribution < 1.29 is 23.8 Å². The molecule has 2 amide bonds. The van der Waals surface area contributed by atoms with E-state index in [4.69, 9.17) is 16.3 Å². The molecule has 0 bridgehead atoms. The molecule has 1 unspecified atom stereocenters. The minimum absolute atomic E-state index is 0.0921. The van der Waals surface area contributed by atoms with Gasteiger partial charge in [0, 0.05) is 24.9 Å². The minimum atomic E-state index is -1.01. The lowest BCUT2D eigenvalue weighted by atomic mass is 9.98. The summed E-state index contributed by atoms with van der Waals surface area (Å²) in [7, 11) is 3.07. The Balaban J connectivity index is 1.35. The number of nitrogens with one attached hydrogen (secondary N) is 2. The number of amides is 2. The van der Waals surface area contributed by atoms with Gasteiger partial charge in [0.05, 0.1) is 60.2 Å². The average molecular weight is 610 g/mol. The van der Waals surface area contributed by atoms with E-state index in [1.807, 2.05) is 0 Å². The van der Waals surface area contributed by atoms with E-state index in [0.717, 1.165) is 0 Å². The van der Waals surface area contributed by atoms with E-state index in [-0.39, 0.29) is 23.3 Å². The number of hydrogen-bond acceptors (Lipinski definition) is 10. The molecule has 15 heteroatoms. The molecule has 1 aliphatic heterocycles. The highest BCUT2D eigenvalue weighted by atomic mass is 35.5. The number of pyridine rings is 1. The van der Waals surface area contributed by atoms with Crippen molar-refractivity contribution in [1.29, 1.82) is 0 Å². The van der Waals surface area contributed by atoms with Crippen LogP contribution in [0.2, 0.25) is 5.02 Å². The normalized spacial score (nSPS) is 14.7. The third-order valence-corrected chi connectivity index (χ3v) is 7.35. The van der Waals surface area contributed by atoms with Gasteiger partial charge in [0.1, 0.15) is 17.6 Å². The van der Waals surface area contributed by atoms with Gasteiger partial charge in [-0.1, -0.05) is 18.5 Å². The van der Waals surface area contributed by atoms with Gasteiger partial charge in [-0.3, -0.25) is 14.6 Å². The molecule has 43 heavy (non-hydrogen) atoms. The Morgan fingerprint density at radius 1 is 1.21 bits per heavy atom. The first kappa shape index (κ1) is 29.8. The number of benzene rings is 1. The molecule has 1 aromatic carbocycles. The highest BCUT2D eigenvalue weighted by molar-refractivity contribution is 6.33. The number of carbonyl (C=O) groups excluding carboxylic acids is 2. The Bertz CT molecular complexity index is 1680. The maximum atomic E-state index is 14.2. The number of anilines is 2. The number of fused-ring (bicyclic) bond motifs is 1. The quantitative estimate of drug-likeness (QED) is 0.244. The molecule has 13 nitrogen and oxygen atoms in total. The molecule has 224 valence electrons. The summed E-state index contributed by atoms with van der Waals surface area (Å²) in [4.78, 5) is 42.7. The summed E-state index contributed by atoms with van der Waals surface area (Å²) in [6.07, 6.45) is 3.77. The number of halogens is 2. The fourth-order valence-electron chi connectivity index (χ4n) is 4.72. The first-order chi connectivity index (χ1) is 20.6. The maximum Gasteiger partial charge on any atom is 0.256 e. The molecular weight excluding hydrogens is 581 g/mol. The summed E-state index contributed by atoms with van der Waals surface area (Å²) in [6.45, 7) is 3.41. The average Bonchev–Trinajstić information content (AvgIpc) is 3.56. The summed E-state index contributed by atoms with van der Waals surface area (Å²) in [5.74, 6) is -0.601. The van der Waals surface area contributed by atoms with Gasteiger partial charge in [0.15, 0.2) is 5.82 Å². The van der Waals surface area contributed by atoms with Crippen LogP contribution in [0.3, 0.4) is 0 Å². The predicted molar refractivity (Wildman–Crippen MR) is 154 cm³/mol. The molecular formula is C28H29ClFN9O4. The molecule has 3 aromatic heterocycles. The van der Waals surface area contributed by atoms with E-state index in [9.17, 15) is 19.1 Å². The molecule has 0 saturated heterocycles. The SMILES string of the molecule is CC[C@H](O)[C@@H](NC(=O)C(C)N1Cc2ncc(-c3nc(Nc4cnn(C)n4)ncc3Cl)cc2C1=O)c1cc(F)cc(OC)c1. The summed E-state index contributed by atoms with van der Waals surface area (Å²) in [6, 6.07) is 3.74. The van der Waals surface area contributed by atoms with Crippen LogP contribution in [0.25, 0.3) is 11.3 Å². The number of aromatic nitrogens is 6. The van der Waals surface area contributed by atoms with Gasteiger partial charge in [-0.25, -0.2) is 14.4 Å². The molecule has 0 radical (unpaired) electrons. The molecule has 3 atom stereocenters. The molecule has 0 saturated carbocycles. The number of carbonyl (C=O) groups is 2. The molecule has 4 heterocycles. The Kier molecular flexibility index (Phi) is 8.50. The van der Waals surface area contributed by atoms with Crippen LogP contribution in [-0.2, 0) is 18.4 Å². The zero-order valence-corrected chi connectivity index (χ0v) is 24.5. The zero-order valence-electron chi connectivity index (χ0n) is 23.7. The Labute approximate surface area is 251 Å². The third kappa shape index (κ3) is 6.24. The lowest BCUT2D eigenvalue weighted by molar-refractivity contribution is -0.126.